The van der Waals surface area contributed by atoms with Gasteiger partial charge in [0.05, 0.1) is 24.8 Å². The SMILES string of the molecule is CCNC(=O)C(Cc1ccccc1)N(Cc1ccc(Cl)cc1)C(=O)CN(c1ccc(Cl)cc1)S(=O)(=O)c1ccc(OC)c(OC)c1. The zero-order valence-electron chi connectivity index (χ0n) is 25.7. The van der Waals surface area contributed by atoms with Gasteiger partial charge in [0.25, 0.3) is 10.0 Å². The largest absolute Gasteiger partial charge is 0.493 e. The monoisotopic (exact) mass is 683 g/mol. The van der Waals surface area contributed by atoms with Crippen LogP contribution in [0.1, 0.15) is 18.1 Å². The topological polar surface area (TPSA) is 105 Å². The van der Waals surface area contributed by atoms with Crippen molar-refractivity contribution in [3.8, 4) is 11.5 Å². The molecule has 0 aliphatic carbocycles. The smallest absolute Gasteiger partial charge is 0.264 e. The van der Waals surface area contributed by atoms with Gasteiger partial charge in [-0.05, 0) is 66.6 Å². The Morgan fingerprint density at radius 3 is 2.00 bits per heavy atom. The number of likely N-dealkylation sites (N-methyl/N-ethyl adjacent to an activating group) is 1. The number of sulfonamides is 1. The molecule has 0 radical (unpaired) electrons. The highest BCUT2D eigenvalue weighted by Gasteiger charge is 2.35. The molecule has 46 heavy (non-hydrogen) atoms. The molecule has 0 bridgehead atoms. The van der Waals surface area contributed by atoms with Crippen molar-refractivity contribution >= 4 is 50.7 Å². The van der Waals surface area contributed by atoms with Crippen LogP contribution >= 0.6 is 23.2 Å². The maximum absolute atomic E-state index is 14.5. The third kappa shape index (κ3) is 8.51. The normalized spacial score (nSPS) is 11.8. The summed E-state index contributed by atoms with van der Waals surface area (Å²) < 4.78 is 40.2. The predicted octanol–water partition coefficient (Wildman–Crippen LogP) is 5.98. The Kier molecular flexibility index (Phi) is 11.9. The molecule has 0 aromatic heterocycles. The van der Waals surface area contributed by atoms with Gasteiger partial charge in [-0.25, -0.2) is 8.42 Å². The molecule has 12 heteroatoms. The minimum atomic E-state index is -4.36. The summed E-state index contributed by atoms with van der Waals surface area (Å²) in [5.41, 5.74) is 1.75. The van der Waals surface area contributed by atoms with E-state index in [0.717, 1.165) is 9.87 Å². The Hall–Kier alpha value is -4.25. The van der Waals surface area contributed by atoms with Crippen LogP contribution in [-0.2, 0) is 32.6 Å². The van der Waals surface area contributed by atoms with Crippen LogP contribution in [0.15, 0.2) is 102 Å². The van der Waals surface area contributed by atoms with Crippen molar-refractivity contribution in [3.63, 3.8) is 0 Å². The van der Waals surface area contributed by atoms with Gasteiger partial charge in [-0.15, -0.1) is 0 Å². The molecule has 0 saturated heterocycles. The van der Waals surface area contributed by atoms with Gasteiger partial charge in [0.2, 0.25) is 11.8 Å². The van der Waals surface area contributed by atoms with E-state index < -0.39 is 28.5 Å². The number of hydrogen-bond acceptors (Lipinski definition) is 6. The van der Waals surface area contributed by atoms with Crippen molar-refractivity contribution in [2.75, 3.05) is 31.6 Å². The van der Waals surface area contributed by atoms with E-state index in [-0.39, 0.29) is 35.2 Å². The van der Waals surface area contributed by atoms with Gasteiger partial charge in [-0.2, -0.15) is 0 Å². The molecule has 0 aliphatic rings. The van der Waals surface area contributed by atoms with Crippen molar-refractivity contribution in [1.82, 2.24) is 10.2 Å². The van der Waals surface area contributed by atoms with E-state index in [0.29, 0.717) is 27.9 Å². The van der Waals surface area contributed by atoms with Crippen LogP contribution in [0, 0.1) is 0 Å². The quantitative estimate of drug-likeness (QED) is 0.175. The molecule has 0 saturated carbocycles. The Labute approximate surface area is 279 Å². The van der Waals surface area contributed by atoms with Crippen LogP contribution in [-0.4, -0.2) is 58.5 Å². The molecule has 242 valence electrons. The van der Waals surface area contributed by atoms with Crippen LogP contribution in [0.25, 0.3) is 0 Å². The van der Waals surface area contributed by atoms with E-state index in [1.54, 1.807) is 31.2 Å². The maximum Gasteiger partial charge on any atom is 0.264 e. The molecule has 0 heterocycles. The van der Waals surface area contributed by atoms with Crippen molar-refractivity contribution in [3.05, 3.63) is 118 Å². The molecule has 0 spiro atoms. The first-order valence-corrected chi connectivity index (χ1v) is 16.6. The fourth-order valence-electron chi connectivity index (χ4n) is 4.87. The number of ether oxygens (including phenoxy) is 2. The summed E-state index contributed by atoms with van der Waals surface area (Å²) in [5.74, 6) is -0.416. The third-order valence-corrected chi connectivity index (χ3v) is 9.50. The van der Waals surface area contributed by atoms with Crippen LogP contribution in [0.2, 0.25) is 10.0 Å². The average Bonchev–Trinajstić information content (AvgIpc) is 3.06. The van der Waals surface area contributed by atoms with Crippen molar-refractivity contribution in [2.24, 2.45) is 0 Å². The second-order valence-electron chi connectivity index (χ2n) is 10.3. The van der Waals surface area contributed by atoms with Gasteiger partial charge >= 0.3 is 0 Å². The van der Waals surface area contributed by atoms with Gasteiger partial charge < -0.3 is 19.7 Å². The number of anilines is 1. The first-order valence-electron chi connectivity index (χ1n) is 14.4. The van der Waals surface area contributed by atoms with Crippen LogP contribution in [0.3, 0.4) is 0 Å². The maximum atomic E-state index is 14.5. The van der Waals surface area contributed by atoms with Crippen LogP contribution in [0.5, 0.6) is 11.5 Å². The van der Waals surface area contributed by atoms with E-state index in [9.17, 15) is 18.0 Å². The number of nitrogens with one attached hydrogen (secondary N) is 1. The lowest BCUT2D eigenvalue weighted by atomic mass is 10.0. The van der Waals surface area contributed by atoms with E-state index in [4.69, 9.17) is 32.7 Å². The number of methoxy groups -OCH3 is 2. The van der Waals surface area contributed by atoms with Crippen molar-refractivity contribution in [1.29, 1.82) is 0 Å². The third-order valence-electron chi connectivity index (χ3n) is 7.22. The predicted molar refractivity (Wildman–Crippen MR) is 180 cm³/mol. The van der Waals surface area contributed by atoms with Crippen LogP contribution in [0.4, 0.5) is 5.69 Å². The summed E-state index contributed by atoms with van der Waals surface area (Å²) in [5, 5.41) is 3.75. The number of hydrogen-bond donors (Lipinski definition) is 1. The zero-order chi connectivity index (χ0) is 33.3. The molecule has 0 aliphatic heterocycles. The first-order chi connectivity index (χ1) is 22.1. The van der Waals surface area contributed by atoms with Gasteiger partial charge in [-0.3, -0.25) is 13.9 Å². The molecule has 1 atom stereocenters. The Morgan fingerprint density at radius 1 is 0.804 bits per heavy atom. The molecule has 9 nitrogen and oxygen atoms in total. The Morgan fingerprint density at radius 2 is 1.41 bits per heavy atom. The second kappa shape index (κ2) is 15.8. The number of benzene rings is 4. The Balaban J connectivity index is 1.81. The molecular formula is C34H35Cl2N3O6S. The Bertz CT molecular complexity index is 1740. The first kappa shape index (κ1) is 34.6. The van der Waals surface area contributed by atoms with Gasteiger partial charge in [-0.1, -0.05) is 65.7 Å². The summed E-state index contributed by atoms with van der Waals surface area (Å²) in [7, 11) is -1.51. The molecule has 1 N–H and O–H groups in total. The van der Waals surface area contributed by atoms with Crippen LogP contribution < -0.4 is 19.1 Å². The van der Waals surface area contributed by atoms with Gasteiger partial charge in [0, 0.05) is 35.6 Å². The highest BCUT2D eigenvalue weighted by molar-refractivity contribution is 7.92. The summed E-state index contributed by atoms with van der Waals surface area (Å²) in [6.07, 6.45) is 0.204. The molecule has 4 aromatic carbocycles. The fourth-order valence-corrected chi connectivity index (χ4v) is 6.55. The number of carbonyl (C=O) groups excluding carboxylic acids is 2. The summed E-state index contributed by atoms with van der Waals surface area (Å²) >= 11 is 12.3. The van der Waals surface area contributed by atoms with E-state index >= 15 is 0 Å². The van der Waals surface area contributed by atoms with Gasteiger partial charge in [0.1, 0.15) is 12.6 Å². The minimum Gasteiger partial charge on any atom is -0.493 e. The minimum absolute atomic E-state index is 0.0233. The lowest BCUT2D eigenvalue weighted by Gasteiger charge is -2.34. The van der Waals surface area contributed by atoms with Crippen molar-refractivity contribution in [2.45, 2.75) is 30.8 Å². The summed E-state index contributed by atoms with van der Waals surface area (Å²) in [6, 6.07) is 25.6. The van der Waals surface area contributed by atoms with Crippen molar-refractivity contribution < 1.29 is 27.5 Å². The molecule has 4 aromatic rings. The second-order valence-corrected chi connectivity index (χ2v) is 13.0. The standard InChI is InChI=1S/C34H35Cl2N3O6S/c1-4-37-34(41)30(20-24-8-6-5-7-9-24)38(22-25-10-12-26(35)13-11-25)33(40)23-39(28-16-14-27(36)15-17-28)46(42,43)29-18-19-31(44-2)32(21-29)45-3/h5-19,21,30H,4,20,22-23H2,1-3H3,(H,37,41). The van der Waals surface area contributed by atoms with E-state index in [1.165, 1.54) is 61.6 Å². The summed E-state index contributed by atoms with van der Waals surface area (Å²) in [6.45, 7) is 1.55. The average molecular weight is 685 g/mol. The lowest BCUT2D eigenvalue weighted by Crippen LogP contribution is -2.53. The number of nitrogens with zero attached hydrogens (tertiary/aromatic N) is 2. The van der Waals surface area contributed by atoms with Gasteiger partial charge in [0.15, 0.2) is 11.5 Å². The van der Waals surface area contributed by atoms with E-state index in [1.807, 2.05) is 30.3 Å². The lowest BCUT2D eigenvalue weighted by molar-refractivity contribution is -0.140. The zero-order valence-corrected chi connectivity index (χ0v) is 28.0. The molecule has 4 rings (SSSR count). The number of carbonyl (C=O) groups is 2. The number of rotatable bonds is 14. The number of amides is 2. The van der Waals surface area contributed by atoms with E-state index in [2.05, 4.69) is 5.32 Å². The summed E-state index contributed by atoms with van der Waals surface area (Å²) in [4.78, 5) is 29.3. The molecule has 1 unspecified atom stereocenters. The highest BCUT2D eigenvalue weighted by Crippen LogP contribution is 2.33. The highest BCUT2D eigenvalue weighted by atomic mass is 35.5. The molecule has 0 fully saturated rings. The molecule has 2 amide bonds. The number of halogens is 2. The fraction of sp³-hybridized carbons (Fsp3) is 0.235. The molecular weight excluding hydrogens is 649 g/mol.